The molecule has 1 aliphatic heterocycles. The molecule has 174 valence electrons. The Hall–Kier alpha value is -3.00. The normalized spacial score (nSPS) is 13.9. The van der Waals surface area contributed by atoms with E-state index >= 15 is 0 Å². The molecule has 0 spiro atoms. The number of methoxy groups -OCH3 is 1. The number of hydrogen-bond acceptors (Lipinski definition) is 7. The van der Waals surface area contributed by atoms with E-state index in [1.54, 1.807) is 7.11 Å². The number of rotatable bonds is 9. The molecule has 1 aliphatic rings. The van der Waals surface area contributed by atoms with Gasteiger partial charge in [-0.05, 0) is 30.7 Å². The van der Waals surface area contributed by atoms with Crippen LogP contribution in [-0.2, 0) is 4.79 Å². The van der Waals surface area contributed by atoms with E-state index in [9.17, 15) is 4.79 Å². The molecule has 0 saturated carbocycles. The molecule has 33 heavy (non-hydrogen) atoms. The molecule has 3 aromatic rings. The summed E-state index contributed by atoms with van der Waals surface area (Å²) in [5, 5.41) is 5.08. The Labute approximate surface area is 199 Å². The Balaban J connectivity index is 1.36. The number of benzene rings is 2. The van der Waals surface area contributed by atoms with Crippen LogP contribution in [0.4, 0.5) is 11.5 Å². The first kappa shape index (κ1) is 23.2. The van der Waals surface area contributed by atoms with Crippen LogP contribution in [-0.4, -0.2) is 66.4 Å². The van der Waals surface area contributed by atoms with Crippen LogP contribution in [0.15, 0.2) is 53.7 Å². The number of nitrogens with one attached hydrogen (secondary N) is 1. The van der Waals surface area contributed by atoms with Gasteiger partial charge in [-0.15, -0.1) is 0 Å². The zero-order chi connectivity index (χ0) is 23.0. The van der Waals surface area contributed by atoms with Crippen LogP contribution >= 0.6 is 11.8 Å². The lowest BCUT2D eigenvalue weighted by Crippen LogP contribution is -2.49. The molecule has 1 saturated heterocycles. The lowest BCUT2D eigenvalue weighted by Gasteiger charge is -2.36. The molecule has 0 bridgehead atoms. The maximum absolute atomic E-state index is 12.9. The molecule has 1 aromatic heterocycles. The molecule has 1 fully saturated rings. The summed E-state index contributed by atoms with van der Waals surface area (Å²) in [5.74, 6) is 2.16. The Morgan fingerprint density at radius 3 is 2.61 bits per heavy atom. The van der Waals surface area contributed by atoms with Crippen LogP contribution in [0.2, 0.25) is 0 Å². The number of amides is 1. The molecule has 1 N–H and O–H groups in total. The number of anilines is 2. The number of aromatic nitrogens is 2. The van der Waals surface area contributed by atoms with Gasteiger partial charge >= 0.3 is 0 Å². The summed E-state index contributed by atoms with van der Waals surface area (Å²) in [6.07, 6.45) is 2.20. The largest absolute Gasteiger partial charge is 0.495 e. The molecular weight excluding hydrogens is 434 g/mol. The van der Waals surface area contributed by atoms with Crippen LogP contribution in [0.1, 0.15) is 19.8 Å². The molecule has 2 heterocycles. The van der Waals surface area contributed by atoms with Gasteiger partial charge in [-0.25, -0.2) is 9.97 Å². The van der Waals surface area contributed by atoms with E-state index in [4.69, 9.17) is 9.72 Å². The molecule has 0 radical (unpaired) electrons. The van der Waals surface area contributed by atoms with E-state index in [-0.39, 0.29) is 5.91 Å². The minimum Gasteiger partial charge on any atom is -0.495 e. The van der Waals surface area contributed by atoms with E-state index < -0.39 is 0 Å². The van der Waals surface area contributed by atoms with Gasteiger partial charge in [0.05, 0.1) is 24.1 Å². The summed E-state index contributed by atoms with van der Waals surface area (Å²) in [4.78, 5) is 26.5. The van der Waals surface area contributed by atoms with Gasteiger partial charge < -0.3 is 19.9 Å². The predicted octanol–water partition coefficient (Wildman–Crippen LogP) is 4.29. The second-order valence-corrected chi connectivity index (χ2v) is 8.92. The molecule has 2 aromatic carbocycles. The Morgan fingerprint density at radius 2 is 1.82 bits per heavy atom. The first-order valence-corrected chi connectivity index (χ1v) is 12.5. The predicted molar refractivity (Wildman–Crippen MR) is 135 cm³/mol. The molecule has 0 atom stereocenters. The summed E-state index contributed by atoms with van der Waals surface area (Å²) in [5.41, 5.74) is 1.97. The molecule has 4 rings (SSSR count). The van der Waals surface area contributed by atoms with Crippen molar-refractivity contribution in [2.24, 2.45) is 0 Å². The van der Waals surface area contributed by atoms with E-state index in [1.165, 1.54) is 11.8 Å². The summed E-state index contributed by atoms with van der Waals surface area (Å²) in [6.45, 7) is 6.00. The highest BCUT2D eigenvalue weighted by Gasteiger charge is 2.23. The topological polar surface area (TPSA) is 70.6 Å². The maximum Gasteiger partial charge on any atom is 0.233 e. The van der Waals surface area contributed by atoms with E-state index in [0.29, 0.717) is 24.0 Å². The average Bonchev–Trinajstić information content (AvgIpc) is 2.87. The standard InChI is InChI=1S/C25H31N5O2S/c1-3-4-13-26-24-19-9-5-6-10-20(19)27-25(28-24)33-18-23(31)30-16-14-29(15-17-30)21-11-7-8-12-22(21)32-2/h5-12H,3-4,13-18H2,1-2H3,(H,26,27,28). The van der Waals surface area contributed by atoms with Crippen molar-refractivity contribution in [1.82, 2.24) is 14.9 Å². The third-order valence-electron chi connectivity index (χ3n) is 5.79. The number of fused-ring (bicyclic) bond motifs is 1. The Bertz CT molecular complexity index is 1090. The van der Waals surface area contributed by atoms with E-state index in [0.717, 1.165) is 60.6 Å². The number of thioether (sulfide) groups is 1. The van der Waals surface area contributed by atoms with Crippen LogP contribution < -0.4 is 15.0 Å². The van der Waals surface area contributed by atoms with Crippen LogP contribution in [0.3, 0.4) is 0 Å². The van der Waals surface area contributed by atoms with Crippen molar-refractivity contribution in [3.63, 3.8) is 0 Å². The zero-order valence-electron chi connectivity index (χ0n) is 19.3. The SMILES string of the molecule is CCCCNc1nc(SCC(=O)N2CCN(c3ccccc3OC)CC2)nc2ccccc12. The molecule has 0 unspecified atom stereocenters. The summed E-state index contributed by atoms with van der Waals surface area (Å²) < 4.78 is 5.49. The van der Waals surface area contributed by atoms with Crippen molar-refractivity contribution < 1.29 is 9.53 Å². The van der Waals surface area contributed by atoms with Crippen molar-refractivity contribution in [3.8, 4) is 5.75 Å². The summed E-state index contributed by atoms with van der Waals surface area (Å²) in [7, 11) is 1.69. The summed E-state index contributed by atoms with van der Waals surface area (Å²) >= 11 is 1.41. The first-order valence-electron chi connectivity index (χ1n) is 11.5. The number of unbranched alkanes of at least 4 members (excludes halogenated alkanes) is 1. The lowest BCUT2D eigenvalue weighted by atomic mass is 10.2. The van der Waals surface area contributed by atoms with Gasteiger partial charge in [0.2, 0.25) is 5.91 Å². The highest BCUT2D eigenvalue weighted by Crippen LogP contribution is 2.29. The molecule has 0 aliphatic carbocycles. The van der Waals surface area contributed by atoms with Gasteiger partial charge in [-0.1, -0.05) is 49.4 Å². The minimum absolute atomic E-state index is 0.122. The quantitative estimate of drug-likeness (QED) is 0.287. The van der Waals surface area contributed by atoms with Gasteiger partial charge in [0.1, 0.15) is 11.6 Å². The first-order chi connectivity index (χ1) is 16.2. The second kappa shape index (κ2) is 11.2. The van der Waals surface area contributed by atoms with Gasteiger partial charge in [-0.2, -0.15) is 0 Å². The number of piperazine rings is 1. The van der Waals surface area contributed by atoms with Crippen molar-refractivity contribution in [3.05, 3.63) is 48.5 Å². The van der Waals surface area contributed by atoms with Crippen LogP contribution in [0, 0.1) is 0 Å². The van der Waals surface area contributed by atoms with Crippen molar-refractivity contribution in [1.29, 1.82) is 0 Å². The zero-order valence-corrected chi connectivity index (χ0v) is 20.1. The summed E-state index contributed by atoms with van der Waals surface area (Å²) in [6, 6.07) is 16.0. The highest BCUT2D eigenvalue weighted by molar-refractivity contribution is 7.99. The van der Waals surface area contributed by atoms with E-state index in [2.05, 4.69) is 28.2 Å². The third kappa shape index (κ3) is 5.68. The number of ether oxygens (including phenoxy) is 1. The average molecular weight is 466 g/mol. The fourth-order valence-electron chi connectivity index (χ4n) is 3.94. The Morgan fingerprint density at radius 1 is 1.06 bits per heavy atom. The molecule has 1 amide bonds. The van der Waals surface area contributed by atoms with Gasteiger partial charge in [-0.3, -0.25) is 4.79 Å². The van der Waals surface area contributed by atoms with Crippen molar-refractivity contribution in [2.75, 3.05) is 55.8 Å². The Kier molecular flexibility index (Phi) is 7.88. The number of para-hydroxylation sites is 3. The van der Waals surface area contributed by atoms with Crippen molar-refractivity contribution >= 4 is 40.1 Å². The number of carbonyl (C=O) groups excluding carboxylic acids is 1. The number of hydrogen-bond donors (Lipinski definition) is 1. The van der Waals surface area contributed by atoms with Gasteiger partial charge in [0.25, 0.3) is 0 Å². The fraction of sp³-hybridized carbons (Fsp3) is 0.400. The maximum atomic E-state index is 12.9. The number of nitrogens with zero attached hydrogens (tertiary/aromatic N) is 4. The monoisotopic (exact) mass is 465 g/mol. The third-order valence-corrected chi connectivity index (χ3v) is 6.62. The fourth-order valence-corrected chi connectivity index (χ4v) is 4.70. The van der Waals surface area contributed by atoms with Gasteiger partial charge in [0, 0.05) is 38.1 Å². The lowest BCUT2D eigenvalue weighted by molar-refractivity contribution is -0.128. The van der Waals surface area contributed by atoms with Crippen molar-refractivity contribution in [2.45, 2.75) is 24.9 Å². The molecule has 7 nitrogen and oxygen atoms in total. The second-order valence-electron chi connectivity index (χ2n) is 7.98. The number of carbonyl (C=O) groups is 1. The molecular formula is C25H31N5O2S. The van der Waals surface area contributed by atoms with E-state index in [1.807, 2.05) is 47.4 Å². The van der Waals surface area contributed by atoms with Crippen LogP contribution in [0.5, 0.6) is 5.75 Å². The molecule has 8 heteroatoms. The van der Waals surface area contributed by atoms with Gasteiger partial charge in [0.15, 0.2) is 5.16 Å². The highest BCUT2D eigenvalue weighted by atomic mass is 32.2. The smallest absolute Gasteiger partial charge is 0.233 e. The van der Waals surface area contributed by atoms with Crippen LogP contribution in [0.25, 0.3) is 10.9 Å². The minimum atomic E-state index is 0.122.